The molecule has 2 aliphatic heterocycles. The summed E-state index contributed by atoms with van der Waals surface area (Å²) >= 11 is 1.69. The van der Waals surface area contributed by atoms with Crippen LogP contribution in [0.25, 0.3) is 0 Å². The van der Waals surface area contributed by atoms with Gasteiger partial charge in [0.25, 0.3) is 0 Å². The standard InChI is InChI=1S/C19H25N3O3S/c1-25-17-5-3-2-4-15(17)20-8-10-21(11-9-20)19(24)16-12-26-13-22(16)18(23)14-6-7-14/h2-5,14,16H,6-13H2,1H3. The second-order valence-electron chi connectivity index (χ2n) is 7.08. The third-order valence-electron chi connectivity index (χ3n) is 5.39. The molecule has 0 bridgehead atoms. The highest BCUT2D eigenvalue weighted by atomic mass is 32.2. The minimum Gasteiger partial charge on any atom is -0.495 e. The lowest BCUT2D eigenvalue weighted by atomic mass is 10.2. The topological polar surface area (TPSA) is 53.1 Å². The van der Waals surface area contributed by atoms with Crippen molar-refractivity contribution in [1.29, 1.82) is 0 Å². The van der Waals surface area contributed by atoms with Gasteiger partial charge in [0.1, 0.15) is 11.8 Å². The SMILES string of the molecule is COc1ccccc1N1CCN(C(=O)C2CSCN2C(=O)C2CC2)CC1. The minimum absolute atomic E-state index is 0.115. The summed E-state index contributed by atoms with van der Waals surface area (Å²) in [5, 5.41) is 0. The van der Waals surface area contributed by atoms with E-state index < -0.39 is 0 Å². The number of benzene rings is 1. The molecular formula is C19H25N3O3S. The average molecular weight is 375 g/mol. The molecule has 6 nitrogen and oxygen atoms in total. The molecule has 3 fully saturated rings. The van der Waals surface area contributed by atoms with Gasteiger partial charge in [0.2, 0.25) is 11.8 Å². The number of hydrogen-bond acceptors (Lipinski definition) is 5. The van der Waals surface area contributed by atoms with E-state index in [9.17, 15) is 9.59 Å². The zero-order chi connectivity index (χ0) is 18.1. The number of ether oxygens (including phenoxy) is 1. The lowest BCUT2D eigenvalue weighted by Crippen LogP contribution is -2.55. The third-order valence-corrected chi connectivity index (χ3v) is 6.41. The van der Waals surface area contributed by atoms with E-state index >= 15 is 0 Å². The van der Waals surface area contributed by atoms with Gasteiger partial charge in [0.15, 0.2) is 0 Å². The Bertz CT molecular complexity index is 686. The highest BCUT2D eigenvalue weighted by molar-refractivity contribution is 7.99. The summed E-state index contributed by atoms with van der Waals surface area (Å²) in [6.07, 6.45) is 1.97. The van der Waals surface area contributed by atoms with E-state index in [2.05, 4.69) is 11.0 Å². The van der Waals surface area contributed by atoms with Crippen molar-refractivity contribution < 1.29 is 14.3 Å². The molecule has 1 atom stereocenters. The number of carbonyl (C=O) groups excluding carboxylic acids is 2. The first kappa shape index (κ1) is 17.5. The van der Waals surface area contributed by atoms with Crippen LogP contribution in [0.15, 0.2) is 24.3 Å². The predicted molar refractivity (Wildman–Crippen MR) is 102 cm³/mol. The van der Waals surface area contributed by atoms with Gasteiger partial charge in [-0.05, 0) is 25.0 Å². The second-order valence-corrected chi connectivity index (χ2v) is 8.08. The molecule has 1 unspecified atom stereocenters. The van der Waals surface area contributed by atoms with Gasteiger partial charge in [-0.3, -0.25) is 9.59 Å². The molecule has 2 heterocycles. The van der Waals surface area contributed by atoms with Crippen molar-refractivity contribution >= 4 is 29.3 Å². The Balaban J connectivity index is 1.38. The maximum Gasteiger partial charge on any atom is 0.246 e. The molecule has 4 rings (SSSR count). The van der Waals surface area contributed by atoms with E-state index in [1.54, 1.807) is 18.9 Å². The number of thioether (sulfide) groups is 1. The summed E-state index contributed by atoms with van der Waals surface area (Å²) < 4.78 is 5.45. The Morgan fingerprint density at radius 1 is 1.08 bits per heavy atom. The van der Waals surface area contributed by atoms with Crippen LogP contribution < -0.4 is 9.64 Å². The molecule has 0 N–H and O–H groups in total. The fourth-order valence-electron chi connectivity index (χ4n) is 3.70. The number of carbonyl (C=O) groups is 2. The summed E-state index contributed by atoms with van der Waals surface area (Å²) in [6, 6.07) is 7.72. The molecule has 1 aromatic rings. The van der Waals surface area contributed by atoms with Gasteiger partial charge in [-0.1, -0.05) is 12.1 Å². The van der Waals surface area contributed by atoms with E-state index in [1.807, 2.05) is 28.0 Å². The van der Waals surface area contributed by atoms with Gasteiger partial charge >= 0.3 is 0 Å². The van der Waals surface area contributed by atoms with Crippen molar-refractivity contribution in [1.82, 2.24) is 9.80 Å². The number of rotatable bonds is 4. The zero-order valence-electron chi connectivity index (χ0n) is 15.1. The molecule has 0 radical (unpaired) electrons. The highest BCUT2D eigenvalue weighted by Crippen LogP contribution is 2.35. The Labute approximate surface area is 158 Å². The van der Waals surface area contributed by atoms with Crippen LogP contribution in [0.1, 0.15) is 12.8 Å². The van der Waals surface area contributed by atoms with Crippen LogP contribution in [-0.4, -0.2) is 72.6 Å². The fourth-order valence-corrected chi connectivity index (χ4v) is 4.85. The highest BCUT2D eigenvalue weighted by Gasteiger charge is 2.42. The number of para-hydroxylation sites is 2. The largest absolute Gasteiger partial charge is 0.495 e. The smallest absolute Gasteiger partial charge is 0.246 e. The van der Waals surface area contributed by atoms with E-state index in [1.165, 1.54) is 0 Å². The molecule has 140 valence electrons. The van der Waals surface area contributed by atoms with Crippen molar-refractivity contribution in [2.24, 2.45) is 5.92 Å². The lowest BCUT2D eigenvalue weighted by molar-refractivity contribution is -0.144. The molecule has 3 aliphatic rings. The molecule has 0 aromatic heterocycles. The first-order valence-electron chi connectivity index (χ1n) is 9.24. The summed E-state index contributed by atoms with van der Waals surface area (Å²) in [6.45, 7) is 2.93. The van der Waals surface area contributed by atoms with E-state index in [4.69, 9.17) is 4.74 Å². The Morgan fingerprint density at radius 2 is 1.81 bits per heavy atom. The predicted octanol–water partition coefficient (Wildman–Crippen LogP) is 1.66. The number of methoxy groups -OCH3 is 1. The molecule has 1 saturated carbocycles. The van der Waals surface area contributed by atoms with E-state index in [0.29, 0.717) is 19.0 Å². The maximum absolute atomic E-state index is 13.0. The third kappa shape index (κ3) is 3.37. The fraction of sp³-hybridized carbons (Fsp3) is 0.579. The number of nitrogens with zero attached hydrogens (tertiary/aromatic N) is 3. The zero-order valence-corrected chi connectivity index (χ0v) is 15.9. The van der Waals surface area contributed by atoms with E-state index in [0.717, 1.165) is 43.1 Å². The first-order valence-corrected chi connectivity index (χ1v) is 10.4. The molecule has 0 spiro atoms. The quantitative estimate of drug-likeness (QED) is 0.801. The minimum atomic E-state index is -0.272. The normalized spacial score (nSPS) is 23.3. The van der Waals surface area contributed by atoms with Crippen LogP contribution in [0, 0.1) is 5.92 Å². The van der Waals surface area contributed by atoms with Gasteiger partial charge in [0, 0.05) is 37.8 Å². The Hall–Kier alpha value is -1.89. The Morgan fingerprint density at radius 3 is 2.50 bits per heavy atom. The summed E-state index contributed by atoms with van der Waals surface area (Å²) in [7, 11) is 1.68. The summed E-state index contributed by atoms with van der Waals surface area (Å²) in [5.74, 6) is 2.72. The molecule has 1 aromatic carbocycles. The van der Waals surface area contributed by atoms with Crippen molar-refractivity contribution in [3.8, 4) is 5.75 Å². The van der Waals surface area contributed by atoms with Crippen LogP contribution >= 0.6 is 11.8 Å². The van der Waals surface area contributed by atoms with E-state index in [-0.39, 0.29) is 23.8 Å². The van der Waals surface area contributed by atoms with Crippen molar-refractivity contribution in [2.75, 3.05) is 49.8 Å². The van der Waals surface area contributed by atoms with Crippen LogP contribution in [0.5, 0.6) is 5.75 Å². The van der Waals surface area contributed by atoms with Crippen LogP contribution in [0.3, 0.4) is 0 Å². The van der Waals surface area contributed by atoms with Gasteiger partial charge in [-0.25, -0.2) is 0 Å². The molecule has 2 amide bonds. The van der Waals surface area contributed by atoms with Crippen molar-refractivity contribution in [3.05, 3.63) is 24.3 Å². The molecule has 1 aliphatic carbocycles. The van der Waals surface area contributed by atoms with Gasteiger partial charge < -0.3 is 19.4 Å². The van der Waals surface area contributed by atoms with Gasteiger partial charge in [-0.15, -0.1) is 11.8 Å². The number of anilines is 1. The number of amides is 2. The van der Waals surface area contributed by atoms with Crippen LogP contribution in [0.4, 0.5) is 5.69 Å². The first-order chi connectivity index (χ1) is 12.7. The monoisotopic (exact) mass is 375 g/mol. The molecule has 7 heteroatoms. The Kier molecular flexibility index (Phi) is 4.98. The van der Waals surface area contributed by atoms with Crippen LogP contribution in [0.2, 0.25) is 0 Å². The van der Waals surface area contributed by atoms with Crippen LogP contribution in [-0.2, 0) is 9.59 Å². The average Bonchev–Trinajstić information content (AvgIpc) is 3.43. The second kappa shape index (κ2) is 7.39. The molecule has 26 heavy (non-hydrogen) atoms. The van der Waals surface area contributed by atoms with Crippen molar-refractivity contribution in [3.63, 3.8) is 0 Å². The number of hydrogen-bond donors (Lipinski definition) is 0. The van der Waals surface area contributed by atoms with Gasteiger partial charge in [-0.2, -0.15) is 0 Å². The maximum atomic E-state index is 13.0. The molecule has 2 saturated heterocycles. The lowest BCUT2D eigenvalue weighted by Gasteiger charge is -2.38. The van der Waals surface area contributed by atoms with Gasteiger partial charge in [0.05, 0.1) is 18.7 Å². The molecular weight excluding hydrogens is 350 g/mol. The number of piperazine rings is 1. The summed E-state index contributed by atoms with van der Waals surface area (Å²) in [4.78, 5) is 31.4. The van der Waals surface area contributed by atoms with Crippen molar-refractivity contribution in [2.45, 2.75) is 18.9 Å². The summed E-state index contributed by atoms with van der Waals surface area (Å²) in [5.41, 5.74) is 1.07.